The van der Waals surface area contributed by atoms with Gasteiger partial charge in [0.15, 0.2) is 0 Å². The number of rotatable bonds is 2. The van der Waals surface area contributed by atoms with Crippen molar-refractivity contribution in [1.29, 1.82) is 0 Å². The summed E-state index contributed by atoms with van der Waals surface area (Å²) in [7, 11) is 3.92. The highest BCUT2D eigenvalue weighted by Gasteiger charge is 2.01. The Morgan fingerprint density at radius 2 is 1.83 bits per heavy atom. The summed E-state index contributed by atoms with van der Waals surface area (Å²) in [5.41, 5.74) is 0. The molecule has 12 heavy (non-hydrogen) atoms. The molecule has 0 aliphatic carbocycles. The van der Waals surface area contributed by atoms with E-state index in [1.165, 1.54) is 0 Å². The molecule has 0 N–H and O–H groups in total. The zero-order valence-electron chi connectivity index (χ0n) is 8.46. The van der Waals surface area contributed by atoms with Crippen LogP contribution in [0, 0.1) is 6.92 Å². The largest absolute Gasteiger partial charge is 0.424 e. The minimum Gasteiger partial charge on any atom is -0.424 e. The molecular formula is C8H17N3O. The molecule has 0 atom stereocenters. The van der Waals surface area contributed by atoms with Crippen LogP contribution in [0.3, 0.4) is 0 Å². The second-order valence-electron chi connectivity index (χ2n) is 2.45. The Bertz CT molecular complexity index is 208. The lowest BCUT2D eigenvalue weighted by Crippen LogP contribution is -2.10. The number of nitrogens with zero attached hydrogens (tertiary/aromatic N) is 3. The van der Waals surface area contributed by atoms with Gasteiger partial charge in [-0.05, 0) is 14.1 Å². The van der Waals surface area contributed by atoms with E-state index in [9.17, 15) is 0 Å². The van der Waals surface area contributed by atoms with E-state index < -0.39 is 0 Å². The van der Waals surface area contributed by atoms with Gasteiger partial charge in [0, 0.05) is 6.92 Å². The van der Waals surface area contributed by atoms with Gasteiger partial charge in [0.2, 0.25) is 11.8 Å². The second-order valence-corrected chi connectivity index (χ2v) is 2.45. The van der Waals surface area contributed by atoms with Crippen molar-refractivity contribution < 1.29 is 4.42 Å². The fourth-order valence-electron chi connectivity index (χ4n) is 0.672. The Hall–Kier alpha value is -0.900. The third-order valence-corrected chi connectivity index (χ3v) is 1.02. The van der Waals surface area contributed by atoms with E-state index in [1.54, 1.807) is 6.92 Å². The topological polar surface area (TPSA) is 42.2 Å². The van der Waals surface area contributed by atoms with E-state index in [4.69, 9.17) is 4.42 Å². The number of aromatic nitrogens is 2. The van der Waals surface area contributed by atoms with Crippen LogP contribution in [0.25, 0.3) is 0 Å². The number of aryl methyl sites for hydroxylation is 1. The first kappa shape index (κ1) is 11.1. The molecule has 0 aromatic carbocycles. The Labute approximate surface area is 73.6 Å². The summed E-state index contributed by atoms with van der Waals surface area (Å²) in [5, 5.41) is 7.52. The van der Waals surface area contributed by atoms with Crippen LogP contribution in [-0.2, 0) is 6.54 Å². The highest BCUT2D eigenvalue weighted by molar-refractivity contribution is 4.77. The molecule has 0 fully saturated rings. The van der Waals surface area contributed by atoms with Crippen molar-refractivity contribution in [2.75, 3.05) is 14.1 Å². The Morgan fingerprint density at radius 1 is 1.25 bits per heavy atom. The summed E-state index contributed by atoms with van der Waals surface area (Å²) in [6.45, 7) is 6.49. The van der Waals surface area contributed by atoms with E-state index in [0.717, 1.165) is 0 Å². The zero-order valence-corrected chi connectivity index (χ0v) is 8.46. The molecule has 1 aromatic heterocycles. The van der Waals surface area contributed by atoms with Crippen LogP contribution in [0.5, 0.6) is 0 Å². The molecule has 70 valence electrons. The molecule has 4 nitrogen and oxygen atoms in total. The molecule has 0 amide bonds. The molecule has 0 radical (unpaired) electrons. The fourth-order valence-corrected chi connectivity index (χ4v) is 0.672. The fraction of sp³-hybridized carbons (Fsp3) is 0.750. The predicted molar refractivity (Wildman–Crippen MR) is 47.8 cm³/mol. The Balaban J connectivity index is 0.000000561. The van der Waals surface area contributed by atoms with E-state index in [2.05, 4.69) is 10.2 Å². The van der Waals surface area contributed by atoms with Gasteiger partial charge in [-0.1, -0.05) is 13.8 Å². The lowest BCUT2D eigenvalue weighted by molar-refractivity contribution is 0.336. The van der Waals surface area contributed by atoms with Crippen LogP contribution < -0.4 is 0 Å². The van der Waals surface area contributed by atoms with Crippen molar-refractivity contribution in [2.24, 2.45) is 0 Å². The van der Waals surface area contributed by atoms with Gasteiger partial charge in [0.1, 0.15) is 0 Å². The normalized spacial score (nSPS) is 9.50. The monoisotopic (exact) mass is 171 g/mol. The second kappa shape index (κ2) is 5.71. The van der Waals surface area contributed by atoms with Crippen LogP contribution >= 0.6 is 0 Å². The molecule has 1 heterocycles. The van der Waals surface area contributed by atoms with E-state index >= 15 is 0 Å². The van der Waals surface area contributed by atoms with Gasteiger partial charge in [0.25, 0.3) is 0 Å². The van der Waals surface area contributed by atoms with Gasteiger partial charge >= 0.3 is 0 Å². The van der Waals surface area contributed by atoms with Crippen molar-refractivity contribution in [3.63, 3.8) is 0 Å². The number of hydrogen-bond acceptors (Lipinski definition) is 4. The minimum absolute atomic E-state index is 0.622. The average molecular weight is 171 g/mol. The van der Waals surface area contributed by atoms with Gasteiger partial charge < -0.3 is 9.32 Å². The Kier molecular flexibility index (Phi) is 5.28. The van der Waals surface area contributed by atoms with Crippen molar-refractivity contribution in [3.05, 3.63) is 11.8 Å². The summed E-state index contributed by atoms with van der Waals surface area (Å²) >= 11 is 0. The zero-order chi connectivity index (χ0) is 9.56. The molecular weight excluding hydrogens is 154 g/mol. The molecule has 0 bridgehead atoms. The third-order valence-electron chi connectivity index (χ3n) is 1.02. The van der Waals surface area contributed by atoms with Crippen LogP contribution in [0.2, 0.25) is 0 Å². The Morgan fingerprint density at radius 3 is 2.17 bits per heavy atom. The molecule has 0 aliphatic rings. The maximum atomic E-state index is 5.13. The number of hydrogen-bond donors (Lipinski definition) is 0. The van der Waals surface area contributed by atoms with E-state index in [-0.39, 0.29) is 0 Å². The summed E-state index contributed by atoms with van der Waals surface area (Å²) in [5.74, 6) is 1.29. The van der Waals surface area contributed by atoms with Gasteiger partial charge in [-0.3, -0.25) is 0 Å². The highest BCUT2D eigenvalue weighted by atomic mass is 16.4. The van der Waals surface area contributed by atoms with Crippen molar-refractivity contribution in [2.45, 2.75) is 27.3 Å². The molecule has 1 rings (SSSR count). The molecule has 0 saturated heterocycles. The maximum Gasteiger partial charge on any atom is 0.230 e. The van der Waals surface area contributed by atoms with Crippen LogP contribution in [0.15, 0.2) is 4.42 Å². The van der Waals surface area contributed by atoms with Gasteiger partial charge in [-0.25, -0.2) is 0 Å². The smallest absolute Gasteiger partial charge is 0.230 e. The first-order valence-electron chi connectivity index (χ1n) is 4.12. The first-order valence-corrected chi connectivity index (χ1v) is 4.12. The quantitative estimate of drug-likeness (QED) is 0.675. The van der Waals surface area contributed by atoms with Gasteiger partial charge in [-0.15, -0.1) is 10.2 Å². The predicted octanol–water partition coefficient (Wildman–Crippen LogP) is 1.47. The van der Waals surface area contributed by atoms with Gasteiger partial charge in [0.05, 0.1) is 6.54 Å². The van der Waals surface area contributed by atoms with Crippen molar-refractivity contribution in [3.8, 4) is 0 Å². The molecule has 0 saturated carbocycles. The van der Waals surface area contributed by atoms with Gasteiger partial charge in [-0.2, -0.15) is 0 Å². The molecule has 0 unspecified atom stereocenters. The summed E-state index contributed by atoms with van der Waals surface area (Å²) in [4.78, 5) is 1.98. The maximum absolute atomic E-state index is 5.13. The molecule has 0 aliphatic heterocycles. The van der Waals surface area contributed by atoms with Crippen molar-refractivity contribution in [1.82, 2.24) is 15.1 Å². The molecule has 0 spiro atoms. The summed E-state index contributed by atoms with van der Waals surface area (Å²) < 4.78 is 5.13. The lowest BCUT2D eigenvalue weighted by atomic mass is 10.6. The SMILES string of the molecule is CC.Cc1nnc(CN(C)C)o1. The summed E-state index contributed by atoms with van der Waals surface area (Å²) in [6, 6.07) is 0. The molecule has 4 heteroatoms. The van der Waals surface area contributed by atoms with E-state index in [1.807, 2.05) is 32.8 Å². The average Bonchev–Trinajstić information content (AvgIpc) is 2.39. The lowest BCUT2D eigenvalue weighted by Gasteiger charge is -2.03. The first-order chi connectivity index (χ1) is 5.68. The van der Waals surface area contributed by atoms with Crippen LogP contribution in [0.1, 0.15) is 25.6 Å². The summed E-state index contributed by atoms with van der Waals surface area (Å²) in [6.07, 6.45) is 0. The van der Waals surface area contributed by atoms with Crippen molar-refractivity contribution >= 4 is 0 Å². The van der Waals surface area contributed by atoms with Crippen LogP contribution in [0.4, 0.5) is 0 Å². The molecule has 1 aromatic rings. The van der Waals surface area contributed by atoms with Crippen LogP contribution in [-0.4, -0.2) is 29.2 Å². The van der Waals surface area contributed by atoms with E-state index in [0.29, 0.717) is 18.3 Å². The minimum atomic E-state index is 0.622. The highest BCUT2D eigenvalue weighted by Crippen LogP contribution is 1.98. The third kappa shape index (κ3) is 4.08. The standard InChI is InChI=1S/C6H11N3O.C2H6/c1-5-7-8-6(10-5)4-9(2)3;1-2/h4H2,1-3H3;1-2H3.